The first-order valence-electron chi connectivity index (χ1n) is 8.04. The minimum absolute atomic E-state index is 0.137. The smallest absolute Gasteiger partial charge is 0.259 e. The fourth-order valence-corrected chi connectivity index (χ4v) is 3.09. The van der Waals surface area contributed by atoms with E-state index in [-0.39, 0.29) is 12.5 Å². The fraction of sp³-hybridized carbons (Fsp3) is 0.100. The second kappa shape index (κ2) is 8.49. The summed E-state index contributed by atoms with van der Waals surface area (Å²) in [4.78, 5) is 12.0. The molecule has 0 saturated carbocycles. The van der Waals surface area contributed by atoms with Crippen LogP contribution in [0.2, 0.25) is 0 Å². The van der Waals surface area contributed by atoms with Crippen molar-refractivity contribution >= 4 is 44.5 Å². The number of fused-ring (bicyclic) bond motifs is 1. The number of nitrogens with zero attached hydrogens (tertiary/aromatic N) is 1. The maximum absolute atomic E-state index is 12.0. The molecule has 5 nitrogen and oxygen atoms in total. The first-order chi connectivity index (χ1) is 12.7. The molecule has 0 saturated heterocycles. The van der Waals surface area contributed by atoms with Crippen molar-refractivity contribution in [3.05, 3.63) is 70.7 Å². The van der Waals surface area contributed by atoms with Gasteiger partial charge in [-0.25, -0.2) is 5.43 Å². The normalized spacial score (nSPS) is 10.8. The quantitative estimate of drug-likeness (QED) is 0.472. The van der Waals surface area contributed by atoms with Crippen molar-refractivity contribution in [2.75, 3.05) is 19.0 Å². The van der Waals surface area contributed by atoms with Gasteiger partial charge in [0.2, 0.25) is 0 Å². The predicted molar refractivity (Wildman–Crippen MR) is 109 cm³/mol. The highest BCUT2D eigenvalue weighted by Gasteiger charge is 2.03. The van der Waals surface area contributed by atoms with E-state index in [9.17, 15) is 4.79 Å². The molecule has 0 radical (unpaired) electrons. The van der Waals surface area contributed by atoms with Gasteiger partial charge in [-0.2, -0.15) is 5.10 Å². The maximum Gasteiger partial charge on any atom is 0.259 e. The molecule has 0 fully saturated rings. The number of hydrazone groups is 1. The topological polar surface area (TPSA) is 62.7 Å². The molecule has 0 spiro atoms. The van der Waals surface area contributed by atoms with Gasteiger partial charge in [-0.3, -0.25) is 4.79 Å². The average molecular weight is 412 g/mol. The van der Waals surface area contributed by atoms with Crippen molar-refractivity contribution in [1.82, 2.24) is 5.43 Å². The number of amides is 1. The fourth-order valence-electron chi connectivity index (χ4n) is 2.54. The lowest BCUT2D eigenvalue weighted by molar-refractivity contribution is -0.119. The van der Waals surface area contributed by atoms with Crippen LogP contribution in [0.15, 0.2) is 70.2 Å². The summed E-state index contributed by atoms with van der Waals surface area (Å²) in [5.41, 5.74) is 4.28. The van der Waals surface area contributed by atoms with Crippen molar-refractivity contribution in [2.45, 2.75) is 0 Å². The van der Waals surface area contributed by atoms with E-state index in [0.29, 0.717) is 0 Å². The van der Waals surface area contributed by atoms with Gasteiger partial charge in [0.1, 0.15) is 5.75 Å². The first-order valence-corrected chi connectivity index (χ1v) is 8.84. The summed E-state index contributed by atoms with van der Waals surface area (Å²) in [5.74, 6) is 0.521. The Morgan fingerprint density at radius 1 is 1.15 bits per heavy atom. The number of rotatable bonds is 6. The number of benzene rings is 3. The molecule has 0 unspecified atom stereocenters. The van der Waals surface area contributed by atoms with Crippen LogP contribution < -0.4 is 15.5 Å². The SMILES string of the molecule is COc1ccc(C=NNC(=O)CNc2cccc3ccccc23)cc1Br. The van der Waals surface area contributed by atoms with Crippen LogP contribution in [0.4, 0.5) is 5.69 Å². The molecule has 3 aromatic carbocycles. The Morgan fingerprint density at radius 2 is 1.96 bits per heavy atom. The third-order valence-corrected chi connectivity index (χ3v) is 4.43. The zero-order chi connectivity index (χ0) is 18.4. The Labute approximate surface area is 160 Å². The molecule has 0 aliphatic carbocycles. The molecule has 1 amide bonds. The number of halogens is 1. The monoisotopic (exact) mass is 411 g/mol. The number of nitrogens with one attached hydrogen (secondary N) is 2. The number of anilines is 1. The van der Waals surface area contributed by atoms with Crippen LogP contribution in [-0.4, -0.2) is 25.8 Å². The molecule has 6 heteroatoms. The Morgan fingerprint density at radius 3 is 2.77 bits per heavy atom. The van der Waals surface area contributed by atoms with E-state index < -0.39 is 0 Å². The van der Waals surface area contributed by atoms with E-state index in [1.165, 1.54) is 0 Å². The van der Waals surface area contributed by atoms with Gasteiger partial charge in [0.05, 0.1) is 24.3 Å². The number of ether oxygens (including phenoxy) is 1. The summed E-state index contributed by atoms with van der Waals surface area (Å²) >= 11 is 3.41. The van der Waals surface area contributed by atoms with Crippen LogP contribution in [0, 0.1) is 0 Å². The second-order valence-corrected chi connectivity index (χ2v) is 6.42. The molecule has 0 aromatic heterocycles. The predicted octanol–water partition coefficient (Wildman–Crippen LogP) is 4.17. The average Bonchev–Trinajstić information content (AvgIpc) is 2.66. The van der Waals surface area contributed by atoms with Gasteiger partial charge in [0.25, 0.3) is 5.91 Å². The number of hydrogen-bond donors (Lipinski definition) is 2. The molecule has 26 heavy (non-hydrogen) atoms. The highest BCUT2D eigenvalue weighted by molar-refractivity contribution is 9.10. The van der Waals surface area contributed by atoms with Crippen molar-refractivity contribution in [3.63, 3.8) is 0 Å². The number of methoxy groups -OCH3 is 1. The van der Waals surface area contributed by atoms with Crippen LogP contribution in [-0.2, 0) is 4.79 Å². The van der Waals surface area contributed by atoms with Crippen molar-refractivity contribution in [2.24, 2.45) is 5.10 Å². The minimum Gasteiger partial charge on any atom is -0.496 e. The lowest BCUT2D eigenvalue weighted by Crippen LogP contribution is -2.25. The lowest BCUT2D eigenvalue weighted by atomic mass is 10.1. The van der Waals surface area contributed by atoms with Crippen LogP contribution in [0.25, 0.3) is 10.8 Å². The number of carbonyl (C=O) groups is 1. The zero-order valence-electron chi connectivity index (χ0n) is 14.2. The maximum atomic E-state index is 12.0. The number of carbonyl (C=O) groups excluding carboxylic acids is 1. The van der Waals surface area contributed by atoms with Gasteiger partial charge < -0.3 is 10.1 Å². The van der Waals surface area contributed by atoms with E-state index >= 15 is 0 Å². The van der Waals surface area contributed by atoms with Gasteiger partial charge in [-0.15, -0.1) is 0 Å². The molecule has 0 aliphatic rings. The van der Waals surface area contributed by atoms with Crippen LogP contribution in [0.1, 0.15) is 5.56 Å². The first kappa shape index (κ1) is 17.9. The molecule has 0 atom stereocenters. The Bertz CT molecular complexity index is 951. The Kier molecular flexibility index (Phi) is 5.86. The third-order valence-electron chi connectivity index (χ3n) is 3.81. The van der Waals surface area contributed by atoms with E-state index in [2.05, 4.69) is 31.8 Å². The number of hydrogen-bond acceptors (Lipinski definition) is 4. The summed E-state index contributed by atoms with van der Waals surface area (Å²) in [6, 6.07) is 19.5. The van der Waals surface area contributed by atoms with Crippen LogP contribution in [0.3, 0.4) is 0 Å². The molecule has 0 heterocycles. The van der Waals surface area contributed by atoms with Crippen molar-refractivity contribution < 1.29 is 9.53 Å². The van der Waals surface area contributed by atoms with E-state index in [1.807, 2.05) is 60.7 Å². The second-order valence-electron chi connectivity index (χ2n) is 5.57. The molecular formula is C20H18BrN3O2. The minimum atomic E-state index is -0.221. The summed E-state index contributed by atoms with van der Waals surface area (Å²) in [5, 5.41) is 9.34. The van der Waals surface area contributed by atoms with Gasteiger partial charge in [-0.1, -0.05) is 36.4 Å². The molecule has 0 aliphatic heterocycles. The molecule has 3 rings (SSSR count). The van der Waals surface area contributed by atoms with Gasteiger partial charge in [0.15, 0.2) is 0 Å². The molecular weight excluding hydrogens is 394 g/mol. The summed E-state index contributed by atoms with van der Waals surface area (Å²) < 4.78 is 6.00. The summed E-state index contributed by atoms with van der Waals surface area (Å²) in [6.45, 7) is 0.137. The van der Waals surface area contributed by atoms with Crippen LogP contribution in [0.5, 0.6) is 5.75 Å². The highest BCUT2D eigenvalue weighted by Crippen LogP contribution is 2.25. The van der Waals surface area contributed by atoms with Crippen molar-refractivity contribution in [3.8, 4) is 5.75 Å². The highest BCUT2D eigenvalue weighted by atomic mass is 79.9. The third kappa shape index (κ3) is 4.40. The van der Waals surface area contributed by atoms with E-state index in [1.54, 1.807) is 13.3 Å². The molecule has 3 aromatic rings. The van der Waals surface area contributed by atoms with E-state index in [0.717, 1.165) is 32.2 Å². The Hall–Kier alpha value is -2.86. The Balaban J connectivity index is 1.56. The zero-order valence-corrected chi connectivity index (χ0v) is 15.8. The molecule has 0 bridgehead atoms. The lowest BCUT2D eigenvalue weighted by Gasteiger charge is -2.08. The summed E-state index contributed by atoms with van der Waals surface area (Å²) in [7, 11) is 1.61. The van der Waals surface area contributed by atoms with Gasteiger partial charge >= 0.3 is 0 Å². The largest absolute Gasteiger partial charge is 0.496 e. The van der Waals surface area contributed by atoms with Crippen LogP contribution >= 0.6 is 15.9 Å². The van der Waals surface area contributed by atoms with Gasteiger partial charge in [-0.05, 0) is 51.1 Å². The standard InChI is InChI=1S/C20H18BrN3O2/c1-26-19-10-9-14(11-17(19)21)12-23-24-20(25)13-22-18-8-4-6-15-5-2-3-7-16(15)18/h2-12,22H,13H2,1H3,(H,24,25). The molecule has 132 valence electrons. The molecule has 2 N–H and O–H groups in total. The van der Waals surface area contributed by atoms with Crippen molar-refractivity contribution in [1.29, 1.82) is 0 Å². The van der Waals surface area contributed by atoms with Gasteiger partial charge in [0, 0.05) is 11.1 Å². The van der Waals surface area contributed by atoms with E-state index in [4.69, 9.17) is 4.74 Å². The summed E-state index contributed by atoms with van der Waals surface area (Å²) in [6.07, 6.45) is 1.58.